The van der Waals surface area contributed by atoms with Crippen LogP contribution in [0.3, 0.4) is 0 Å². The second kappa shape index (κ2) is 10.4. The van der Waals surface area contributed by atoms with Crippen molar-refractivity contribution >= 4 is 6.09 Å². The van der Waals surface area contributed by atoms with Crippen LogP contribution in [0.1, 0.15) is 33.6 Å². The molecule has 0 N–H and O–H groups in total. The van der Waals surface area contributed by atoms with E-state index in [0.717, 1.165) is 30.9 Å². The highest BCUT2D eigenvalue weighted by Gasteiger charge is 2.28. The Hall–Kier alpha value is -2.96. The largest absolute Gasteiger partial charge is 0.493 e. The number of amides is 1. The number of benzene rings is 2. The second-order valence-corrected chi connectivity index (χ2v) is 8.56. The number of likely N-dealkylation sites (tertiary alicyclic amines) is 1. The van der Waals surface area contributed by atoms with Gasteiger partial charge < -0.3 is 23.8 Å². The van der Waals surface area contributed by atoms with Crippen molar-refractivity contribution < 1.29 is 28.1 Å². The van der Waals surface area contributed by atoms with Crippen molar-refractivity contribution in [2.45, 2.75) is 39.2 Å². The van der Waals surface area contributed by atoms with Crippen LogP contribution in [0.25, 0.3) is 0 Å². The van der Waals surface area contributed by atoms with Gasteiger partial charge in [-0.3, -0.25) is 0 Å². The number of ether oxygens (including phenoxy) is 4. The van der Waals surface area contributed by atoms with Gasteiger partial charge in [-0.1, -0.05) is 18.2 Å². The number of rotatable bonds is 3. The highest BCUT2D eigenvalue weighted by Crippen LogP contribution is 2.35. The summed E-state index contributed by atoms with van der Waals surface area (Å²) in [6.07, 6.45) is 1.77. The second-order valence-electron chi connectivity index (χ2n) is 8.56. The van der Waals surface area contributed by atoms with Gasteiger partial charge in [-0.25, -0.2) is 9.18 Å². The molecule has 2 heterocycles. The molecule has 2 aromatic carbocycles. The van der Waals surface area contributed by atoms with Crippen LogP contribution in [0.5, 0.6) is 17.2 Å². The van der Waals surface area contributed by atoms with E-state index in [1.807, 2.05) is 39.0 Å². The topological polar surface area (TPSA) is 57.2 Å². The van der Waals surface area contributed by atoms with Crippen LogP contribution in [-0.2, 0) is 4.74 Å². The monoisotopic (exact) mass is 431 g/mol. The zero-order chi connectivity index (χ0) is 22.3. The van der Waals surface area contributed by atoms with Crippen molar-refractivity contribution in [3.05, 3.63) is 54.3 Å². The Morgan fingerprint density at radius 2 is 1.87 bits per heavy atom. The summed E-state index contributed by atoms with van der Waals surface area (Å²) >= 11 is 0. The van der Waals surface area contributed by atoms with Crippen LogP contribution in [0.2, 0.25) is 0 Å². The SMILES string of the molecule is CC(C)(C)OC(=O)N1CCC[C@H](COc2ccc3c(c2)OCO3)C1.Fc1ccccc1. The summed E-state index contributed by atoms with van der Waals surface area (Å²) < 4.78 is 33.9. The van der Waals surface area contributed by atoms with Gasteiger partial charge in [-0.05, 0) is 57.9 Å². The first-order chi connectivity index (χ1) is 14.8. The van der Waals surface area contributed by atoms with Gasteiger partial charge in [-0.2, -0.15) is 0 Å². The average molecular weight is 432 g/mol. The summed E-state index contributed by atoms with van der Waals surface area (Å²) in [4.78, 5) is 14.0. The van der Waals surface area contributed by atoms with Crippen LogP contribution < -0.4 is 14.2 Å². The Balaban J connectivity index is 0.000000330. The minimum atomic E-state index is -0.465. The van der Waals surface area contributed by atoms with Crippen LogP contribution in [0.15, 0.2) is 48.5 Å². The predicted octanol–water partition coefficient (Wildman–Crippen LogP) is 5.27. The van der Waals surface area contributed by atoms with E-state index in [9.17, 15) is 9.18 Å². The third-order valence-corrected chi connectivity index (χ3v) is 4.73. The lowest BCUT2D eigenvalue weighted by molar-refractivity contribution is 0.0139. The summed E-state index contributed by atoms with van der Waals surface area (Å²) in [5.41, 5.74) is -0.465. The third-order valence-electron chi connectivity index (χ3n) is 4.73. The molecule has 0 unspecified atom stereocenters. The fourth-order valence-corrected chi connectivity index (χ4v) is 3.29. The van der Waals surface area contributed by atoms with Crippen molar-refractivity contribution in [3.8, 4) is 17.2 Å². The number of carbonyl (C=O) groups excluding carboxylic acids is 1. The summed E-state index contributed by atoms with van der Waals surface area (Å²) in [6.45, 7) is 7.89. The van der Waals surface area contributed by atoms with Gasteiger partial charge in [0.2, 0.25) is 6.79 Å². The van der Waals surface area contributed by atoms with Crippen LogP contribution >= 0.6 is 0 Å². The molecule has 1 saturated heterocycles. The Bertz CT molecular complexity index is 853. The molecule has 0 bridgehead atoms. The minimum absolute atomic E-state index is 0.178. The van der Waals surface area contributed by atoms with Crippen molar-refractivity contribution in [1.82, 2.24) is 4.90 Å². The maximum atomic E-state index is 12.2. The normalized spacial score (nSPS) is 17.4. The summed E-state index contributed by atoms with van der Waals surface area (Å²) in [5.74, 6) is 2.34. The Labute approximate surface area is 182 Å². The van der Waals surface area contributed by atoms with Gasteiger partial charge in [0.05, 0.1) is 6.61 Å². The number of hydrogen-bond acceptors (Lipinski definition) is 5. The Kier molecular flexibility index (Phi) is 7.60. The molecule has 0 saturated carbocycles. The quantitative estimate of drug-likeness (QED) is 0.663. The molecule has 7 heteroatoms. The standard InChI is InChI=1S/C18H25NO5.C6H5F/c1-18(2,3)24-17(20)19-8-4-5-13(10-19)11-21-14-6-7-15-16(9-14)23-12-22-15;7-6-4-2-1-3-5-6/h6-7,9,13H,4-5,8,10-12H2,1-3H3;1-5H/t13-;/m0./s1. The van der Waals surface area contributed by atoms with Crippen molar-refractivity contribution in [3.63, 3.8) is 0 Å². The molecule has 0 aromatic heterocycles. The summed E-state index contributed by atoms with van der Waals surface area (Å²) in [7, 11) is 0. The number of hydrogen-bond donors (Lipinski definition) is 0. The first-order valence-electron chi connectivity index (χ1n) is 10.5. The van der Waals surface area contributed by atoms with Gasteiger partial charge in [0, 0.05) is 25.1 Å². The molecule has 168 valence electrons. The average Bonchev–Trinajstić information content (AvgIpc) is 3.20. The fraction of sp³-hybridized carbons (Fsp3) is 0.458. The van der Waals surface area contributed by atoms with Gasteiger partial charge in [0.1, 0.15) is 17.2 Å². The Morgan fingerprint density at radius 1 is 1.13 bits per heavy atom. The zero-order valence-electron chi connectivity index (χ0n) is 18.3. The number of nitrogens with zero attached hydrogens (tertiary/aromatic N) is 1. The molecular weight excluding hydrogens is 401 g/mol. The van der Waals surface area contributed by atoms with E-state index in [-0.39, 0.29) is 18.7 Å². The molecular formula is C24H30FNO5. The van der Waals surface area contributed by atoms with Gasteiger partial charge in [0.15, 0.2) is 11.5 Å². The molecule has 4 rings (SSSR count). The van der Waals surface area contributed by atoms with Crippen LogP contribution in [0.4, 0.5) is 9.18 Å². The Morgan fingerprint density at radius 3 is 2.55 bits per heavy atom. The van der Waals surface area contributed by atoms with Crippen molar-refractivity contribution in [1.29, 1.82) is 0 Å². The number of piperidine rings is 1. The summed E-state index contributed by atoms with van der Waals surface area (Å²) in [5, 5.41) is 0. The smallest absolute Gasteiger partial charge is 0.410 e. The molecule has 1 amide bonds. The van der Waals surface area contributed by atoms with E-state index in [0.29, 0.717) is 24.8 Å². The van der Waals surface area contributed by atoms with E-state index in [1.165, 1.54) is 12.1 Å². The van der Waals surface area contributed by atoms with Crippen molar-refractivity contribution in [2.75, 3.05) is 26.5 Å². The van der Waals surface area contributed by atoms with Gasteiger partial charge >= 0.3 is 6.09 Å². The molecule has 0 spiro atoms. The molecule has 2 aliphatic rings. The minimum Gasteiger partial charge on any atom is -0.493 e. The van der Waals surface area contributed by atoms with E-state index < -0.39 is 5.60 Å². The molecule has 1 atom stereocenters. The van der Waals surface area contributed by atoms with Gasteiger partial charge in [-0.15, -0.1) is 0 Å². The molecule has 2 aromatic rings. The first kappa shape index (κ1) is 22.7. The number of halogens is 1. The van der Waals surface area contributed by atoms with E-state index >= 15 is 0 Å². The van der Waals surface area contributed by atoms with E-state index in [2.05, 4.69) is 0 Å². The molecule has 2 aliphatic heterocycles. The zero-order valence-corrected chi connectivity index (χ0v) is 18.3. The van der Waals surface area contributed by atoms with E-state index in [1.54, 1.807) is 23.1 Å². The lowest BCUT2D eigenvalue weighted by Gasteiger charge is -2.34. The lowest BCUT2D eigenvalue weighted by Crippen LogP contribution is -2.44. The van der Waals surface area contributed by atoms with Crippen LogP contribution in [0, 0.1) is 11.7 Å². The first-order valence-corrected chi connectivity index (χ1v) is 10.5. The maximum absolute atomic E-state index is 12.2. The maximum Gasteiger partial charge on any atom is 0.410 e. The van der Waals surface area contributed by atoms with E-state index in [4.69, 9.17) is 18.9 Å². The molecule has 31 heavy (non-hydrogen) atoms. The highest BCUT2D eigenvalue weighted by molar-refractivity contribution is 5.68. The highest BCUT2D eigenvalue weighted by atomic mass is 19.1. The summed E-state index contributed by atoms with van der Waals surface area (Å²) in [6, 6.07) is 13.5. The predicted molar refractivity (Wildman–Crippen MR) is 115 cm³/mol. The number of carbonyl (C=O) groups is 1. The van der Waals surface area contributed by atoms with Crippen molar-refractivity contribution in [2.24, 2.45) is 5.92 Å². The molecule has 1 fully saturated rings. The lowest BCUT2D eigenvalue weighted by atomic mass is 9.99. The van der Waals surface area contributed by atoms with Crippen LogP contribution in [-0.4, -0.2) is 43.1 Å². The molecule has 6 nitrogen and oxygen atoms in total. The molecule has 0 aliphatic carbocycles. The number of fused-ring (bicyclic) bond motifs is 1. The molecule has 0 radical (unpaired) electrons. The fourth-order valence-electron chi connectivity index (χ4n) is 3.29. The third kappa shape index (κ3) is 7.35. The van der Waals surface area contributed by atoms with Gasteiger partial charge in [0.25, 0.3) is 0 Å².